The van der Waals surface area contributed by atoms with E-state index in [1.165, 1.54) is 6.07 Å². The van der Waals surface area contributed by atoms with Crippen molar-refractivity contribution in [2.75, 3.05) is 11.5 Å². The Bertz CT molecular complexity index is 563. The number of halogens is 4. The number of alkyl halides is 3. The molecule has 0 saturated heterocycles. The molecular formula is C9H4F4N4. The minimum absolute atomic E-state index is 0.674. The molecule has 0 bridgehead atoms. The first-order chi connectivity index (χ1) is 7.75. The van der Waals surface area contributed by atoms with Gasteiger partial charge in [0, 0.05) is 0 Å². The van der Waals surface area contributed by atoms with Gasteiger partial charge in [-0.05, 0) is 0 Å². The minimum Gasteiger partial charge on any atom is -0.397 e. The number of nitriles is 2. The molecule has 0 aliphatic rings. The predicted molar refractivity (Wildman–Crippen MR) is 49.7 cm³/mol. The molecule has 0 unspecified atom stereocenters. The number of nitrogens with zero attached hydrogens (tertiary/aromatic N) is 2. The van der Waals surface area contributed by atoms with Crippen LogP contribution >= 0.6 is 0 Å². The van der Waals surface area contributed by atoms with E-state index in [0.717, 1.165) is 6.07 Å². The van der Waals surface area contributed by atoms with Gasteiger partial charge in [-0.2, -0.15) is 23.7 Å². The van der Waals surface area contributed by atoms with Gasteiger partial charge in [-0.3, -0.25) is 0 Å². The maximum Gasteiger partial charge on any atom is 0.420 e. The quantitative estimate of drug-likeness (QED) is 0.536. The molecule has 0 amide bonds. The van der Waals surface area contributed by atoms with Gasteiger partial charge in [0.2, 0.25) is 0 Å². The van der Waals surface area contributed by atoms with E-state index in [2.05, 4.69) is 0 Å². The highest BCUT2D eigenvalue weighted by Crippen LogP contribution is 2.40. The highest BCUT2D eigenvalue weighted by Gasteiger charge is 2.40. The molecule has 0 aliphatic heterocycles. The lowest BCUT2D eigenvalue weighted by atomic mass is 9.99. The lowest BCUT2D eigenvalue weighted by Crippen LogP contribution is -2.16. The fourth-order valence-electron chi connectivity index (χ4n) is 1.26. The largest absolute Gasteiger partial charge is 0.420 e. The molecule has 1 rings (SSSR count). The number of nitrogens with two attached hydrogens (primary N) is 2. The molecule has 4 N–H and O–H groups in total. The Hall–Kier alpha value is -2.48. The fourth-order valence-corrected chi connectivity index (χ4v) is 1.26. The van der Waals surface area contributed by atoms with E-state index < -0.39 is 40.1 Å². The average molecular weight is 244 g/mol. The molecule has 1 aromatic carbocycles. The third kappa shape index (κ3) is 1.81. The zero-order valence-electron chi connectivity index (χ0n) is 8.06. The Morgan fingerprint density at radius 3 is 1.76 bits per heavy atom. The number of hydrogen-bond acceptors (Lipinski definition) is 4. The third-order valence-corrected chi connectivity index (χ3v) is 2.02. The molecule has 17 heavy (non-hydrogen) atoms. The van der Waals surface area contributed by atoms with Gasteiger partial charge in [0.05, 0.1) is 16.9 Å². The Kier molecular flexibility index (Phi) is 2.84. The van der Waals surface area contributed by atoms with Gasteiger partial charge in [-0.15, -0.1) is 0 Å². The molecule has 4 nitrogen and oxygen atoms in total. The first-order valence-corrected chi connectivity index (χ1v) is 4.03. The van der Waals surface area contributed by atoms with Crippen molar-refractivity contribution in [1.29, 1.82) is 10.5 Å². The molecule has 0 aliphatic carbocycles. The molecule has 0 heterocycles. The third-order valence-electron chi connectivity index (χ3n) is 2.02. The van der Waals surface area contributed by atoms with E-state index in [-0.39, 0.29) is 0 Å². The van der Waals surface area contributed by atoms with Crippen molar-refractivity contribution < 1.29 is 17.6 Å². The Morgan fingerprint density at radius 2 is 1.41 bits per heavy atom. The van der Waals surface area contributed by atoms with Gasteiger partial charge in [-0.25, -0.2) is 4.39 Å². The highest BCUT2D eigenvalue weighted by molar-refractivity contribution is 5.76. The Labute approximate surface area is 92.7 Å². The van der Waals surface area contributed by atoms with Crippen LogP contribution in [0, 0.1) is 28.5 Å². The van der Waals surface area contributed by atoms with E-state index in [1.807, 2.05) is 0 Å². The van der Waals surface area contributed by atoms with Crippen LogP contribution in [0.3, 0.4) is 0 Å². The zero-order chi connectivity index (χ0) is 13.4. The summed E-state index contributed by atoms with van der Waals surface area (Å²) in [5.74, 6) is -1.86. The van der Waals surface area contributed by atoms with Crippen molar-refractivity contribution in [3.05, 3.63) is 22.5 Å². The van der Waals surface area contributed by atoms with Crippen molar-refractivity contribution in [2.45, 2.75) is 6.18 Å². The lowest BCUT2D eigenvalue weighted by Gasteiger charge is -2.14. The molecule has 0 fully saturated rings. The molecule has 0 radical (unpaired) electrons. The van der Waals surface area contributed by atoms with E-state index in [0.29, 0.717) is 0 Å². The van der Waals surface area contributed by atoms with E-state index in [1.54, 1.807) is 0 Å². The van der Waals surface area contributed by atoms with E-state index in [9.17, 15) is 17.6 Å². The molecular weight excluding hydrogens is 240 g/mol. The standard InChI is InChI=1S/C9H4F4N4/c10-6-5(9(11,12)13)3(1-14)7(16)4(2-15)8(6)17/h16-17H2. The summed E-state index contributed by atoms with van der Waals surface area (Å²) in [6.07, 6.45) is -5.12. The highest BCUT2D eigenvalue weighted by atomic mass is 19.4. The van der Waals surface area contributed by atoms with Crippen LogP contribution in [0.4, 0.5) is 28.9 Å². The molecule has 0 spiro atoms. The first kappa shape index (κ1) is 12.6. The van der Waals surface area contributed by atoms with E-state index in [4.69, 9.17) is 22.0 Å². The summed E-state index contributed by atoms with van der Waals surface area (Å²) in [6, 6.07) is 2.47. The molecule has 1 aromatic rings. The first-order valence-electron chi connectivity index (χ1n) is 4.03. The number of hydrogen-bond donors (Lipinski definition) is 2. The minimum atomic E-state index is -5.12. The summed E-state index contributed by atoms with van der Waals surface area (Å²) in [6.45, 7) is 0. The van der Waals surface area contributed by atoms with Crippen molar-refractivity contribution in [2.24, 2.45) is 0 Å². The van der Waals surface area contributed by atoms with Crippen molar-refractivity contribution in [3.63, 3.8) is 0 Å². The van der Waals surface area contributed by atoms with Crippen LogP contribution in [0.2, 0.25) is 0 Å². The number of rotatable bonds is 0. The summed E-state index contributed by atoms with van der Waals surface area (Å²) >= 11 is 0. The summed E-state index contributed by atoms with van der Waals surface area (Å²) in [4.78, 5) is 0. The van der Waals surface area contributed by atoms with Crippen LogP contribution in [0.15, 0.2) is 0 Å². The number of nitrogen functional groups attached to an aromatic ring is 2. The van der Waals surface area contributed by atoms with Gasteiger partial charge in [0.15, 0.2) is 5.82 Å². The van der Waals surface area contributed by atoms with Gasteiger partial charge in [0.25, 0.3) is 0 Å². The maximum atomic E-state index is 13.4. The number of benzene rings is 1. The van der Waals surface area contributed by atoms with Crippen LogP contribution in [-0.4, -0.2) is 0 Å². The van der Waals surface area contributed by atoms with Crippen LogP contribution in [0.5, 0.6) is 0 Å². The normalized spacial score (nSPS) is 10.7. The number of anilines is 2. The second kappa shape index (κ2) is 3.83. The zero-order valence-corrected chi connectivity index (χ0v) is 8.06. The predicted octanol–water partition coefficient (Wildman–Crippen LogP) is 1.75. The van der Waals surface area contributed by atoms with Gasteiger partial charge >= 0.3 is 6.18 Å². The fraction of sp³-hybridized carbons (Fsp3) is 0.111. The van der Waals surface area contributed by atoms with Crippen molar-refractivity contribution in [1.82, 2.24) is 0 Å². The second-order valence-corrected chi connectivity index (χ2v) is 2.99. The Morgan fingerprint density at radius 1 is 0.941 bits per heavy atom. The summed E-state index contributed by atoms with van der Waals surface area (Å²) in [5, 5.41) is 17.1. The van der Waals surface area contributed by atoms with E-state index >= 15 is 0 Å². The molecule has 0 atom stereocenters. The maximum absolute atomic E-state index is 13.4. The summed E-state index contributed by atoms with van der Waals surface area (Å²) in [7, 11) is 0. The van der Waals surface area contributed by atoms with Crippen LogP contribution < -0.4 is 11.5 Å². The van der Waals surface area contributed by atoms with Crippen LogP contribution in [0.25, 0.3) is 0 Å². The van der Waals surface area contributed by atoms with Gasteiger partial charge in [0.1, 0.15) is 23.3 Å². The van der Waals surface area contributed by atoms with Crippen LogP contribution in [-0.2, 0) is 6.18 Å². The monoisotopic (exact) mass is 244 g/mol. The van der Waals surface area contributed by atoms with Gasteiger partial charge < -0.3 is 11.5 Å². The molecule has 88 valence electrons. The second-order valence-electron chi connectivity index (χ2n) is 2.99. The Balaban J connectivity index is 3.89. The average Bonchev–Trinajstić information content (AvgIpc) is 2.22. The molecule has 0 aromatic heterocycles. The lowest BCUT2D eigenvalue weighted by molar-refractivity contribution is -0.140. The van der Waals surface area contributed by atoms with Crippen molar-refractivity contribution in [3.8, 4) is 12.1 Å². The van der Waals surface area contributed by atoms with Crippen LogP contribution in [0.1, 0.15) is 16.7 Å². The smallest absolute Gasteiger partial charge is 0.397 e. The molecule has 0 saturated carbocycles. The topological polar surface area (TPSA) is 99.6 Å². The van der Waals surface area contributed by atoms with Crippen molar-refractivity contribution >= 4 is 11.4 Å². The summed E-state index contributed by atoms with van der Waals surface area (Å²) in [5.41, 5.74) is 4.75. The molecule has 8 heteroatoms. The SMILES string of the molecule is N#Cc1c(N)c(F)c(C(F)(F)F)c(C#N)c1N. The summed E-state index contributed by atoms with van der Waals surface area (Å²) < 4.78 is 50.9. The van der Waals surface area contributed by atoms with Gasteiger partial charge in [-0.1, -0.05) is 0 Å².